The van der Waals surface area contributed by atoms with Gasteiger partial charge in [-0.15, -0.1) is 0 Å². The number of furan rings is 1. The van der Waals surface area contributed by atoms with E-state index in [1.807, 2.05) is 0 Å². The molecule has 0 fully saturated rings. The first kappa shape index (κ1) is 16.8. The third-order valence-electron chi connectivity index (χ3n) is 3.53. The molecule has 6 heteroatoms. The highest BCUT2D eigenvalue weighted by molar-refractivity contribution is 5.89. The SMILES string of the molecule is CCCCOc1ccc(C(=O)OCc2cc(-c3ccco3)on2)cc1. The second kappa shape index (κ2) is 8.19. The summed E-state index contributed by atoms with van der Waals surface area (Å²) in [4.78, 5) is 12.1. The summed E-state index contributed by atoms with van der Waals surface area (Å²) in [6, 6.07) is 12.1. The van der Waals surface area contributed by atoms with E-state index >= 15 is 0 Å². The molecule has 3 rings (SSSR count). The van der Waals surface area contributed by atoms with Crippen molar-refractivity contribution >= 4 is 5.97 Å². The number of nitrogens with zero attached hydrogens (tertiary/aromatic N) is 1. The van der Waals surface area contributed by atoms with Crippen LogP contribution in [-0.2, 0) is 11.3 Å². The van der Waals surface area contributed by atoms with E-state index in [-0.39, 0.29) is 6.61 Å². The Labute approximate surface area is 145 Å². The molecule has 1 aromatic carbocycles. The van der Waals surface area contributed by atoms with Crippen molar-refractivity contribution in [1.29, 1.82) is 0 Å². The molecule has 0 radical (unpaired) electrons. The minimum Gasteiger partial charge on any atom is -0.494 e. The Hall–Kier alpha value is -3.02. The predicted molar refractivity (Wildman–Crippen MR) is 90.2 cm³/mol. The topological polar surface area (TPSA) is 74.7 Å². The fourth-order valence-corrected chi connectivity index (χ4v) is 2.16. The van der Waals surface area contributed by atoms with Crippen molar-refractivity contribution in [2.24, 2.45) is 0 Å². The van der Waals surface area contributed by atoms with Crippen LogP contribution in [0.5, 0.6) is 5.75 Å². The summed E-state index contributed by atoms with van der Waals surface area (Å²) < 4.78 is 21.2. The summed E-state index contributed by atoms with van der Waals surface area (Å²) in [5.41, 5.74) is 0.969. The Balaban J connectivity index is 1.52. The van der Waals surface area contributed by atoms with Crippen LogP contribution in [0.3, 0.4) is 0 Å². The van der Waals surface area contributed by atoms with Gasteiger partial charge in [-0.3, -0.25) is 0 Å². The normalized spacial score (nSPS) is 10.6. The molecule has 0 aliphatic heterocycles. The van der Waals surface area contributed by atoms with Crippen LogP contribution in [0.2, 0.25) is 0 Å². The molecular weight excluding hydrogens is 322 g/mol. The van der Waals surface area contributed by atoms with Crippen molar-refractivity contribution in [2.45, 2.75) is 26.4 Å². The van der Waals surface area contributed by atoms with E-state index in [1.165, 1.54) is 0 Å². The van der Waals surface area contributed by atoms with E-state index in [0.29, 0.717) is 29.4 Å². The van der Waals surface area contributed by atoms with Gasteiger partial charge in [-0.1, -0.05) is 18.5 Å². The molecule has 0 N–H and O–H groups in total. The van der Waals surface area contributed by atoms with Crippen LogP contribution < -0.4 is 4.74 Å². The Bertz CT molecular complexity index is 790. The number of hydrogen-bond acceptors (Lipinski definition) is 6. The molecule has 25 heavy (non-hydrogen) atoms. The fraction of sp³-hybridized carbons (Fsp3) is 0.263. The zero-order chi connectivity index (χ0) is 17.5. The number of esters is 1. The number of aromatic nitrogens is 1. The molecule has 0 bridgehead atoms. The molecule has 130 valence electrons. The van der Waals surface area contributed by atoms with Gasteiger partial charge in [0, 0.05) is 6.07 Å². The van der Waals surface area contributed by atoms with Crippen molar-refractivity contribution in [3.05, 3.63) is 60.0 Å². The van der Waals surface area contributed by atoms with Crippen LogP contribution in [0.25, 0.3) is 11.5 Å². The first-order valence-corrected chi connectivity index (χ1v) is 8.15. The number of benzene rings is 1. The van der Waals surface area contributed by atoms with Crippen LogP contribution in [0, 0.1) is 0 Å². The Morgan fingerprint density at radius 1 is 1.16 bits per heavy atom. The van der Waals surface area contributed by atoms with Gasteiger partial charge in [-0.2, -0.15) is 0 Å². The van der Waals surface area contributed by atoms with Crippen molar-refractivity contribution in [1.82, 2.24) is 5.16 Å². The first-order valence-electron chi connectivity index (χ1n) is 8.15. The third kappa shape index (κ3) is 4.50. The lowest BCUT2D eigenvalue weighted by atomic mass is 10.2. The van der Waals surface area contributed by atoms with Gasteiger partial charge < -0.3 is 18.4 Å². The zero-order valence-corrected chi connectivity index (χ0v) is 13.9. The molecule has 2 heterocycles. The number of carbonyl (C=O) groups excluding carboxylic acids is 1. The number of hydrogen-bond donors (Lipinski definition) is 0. The average molecular weight is 341 g/mol. The summed E-state index contributed by atoms with van der Waals surface area (Å²) in [6.07, 6.45) is 3.63. The summed E-state index contributed by atoms with van der Waals surface area (Å²) in [5, 5.41) is 3.86. The van der Waals surface area contributed by atoms with Crippen LogP contribution in [0.15, 0.2) is 57.7 Å². The molecule has 0 spiro atoms. The second-order valence-corrected chi connectivity index (χ2v) is 5.46. The number of rotatable bonds is 8. The molecule has 0 amide bonds. The van der Waals surface area contributed by atoms with Crippen molar-refractivity contribution < 1.29 is 23.2 Å². The number of unbranched alkanes of at least 4 members (excludes halogenated alkanes) is 1. The van der Waals surface area contributed by atoms with Crippen molar-refractivity contribution in [3.63, 3.8) is 0 Å². The van der Waals surface area contributed by atoms with E-state index < -0.39 is 5.97 Å². The third-order valence-corrected chi connectivity index (χ3v) is 3.53. The molecule has 2 aromatic heterocycles. The predicted octanol–water partition coefficient (Wildman–Crippen LogP) is 4.47. The largest absolute Gasteiger partial charge is 0.494 e. The van der Waals surface area contributed by atoms with Gasteiger partial charge in [-0.25, -0.2) is 4.79 Å². The summed E-state index contributed by atoms with van der Waals surface area (Å²) in [5.74, 6) is 1.38. The summed E-state index contributed by atoms with van der Waals surface area (Å²) >= 11 is 0. The van der Waals surface area contributed by atoms with Gasteiger partial charge in [0.15, 0.2) is 5.76 Å². The lowest BCUT2D eigenvalue weighted by Crippen LogP contribution is -2.05. The molecule has 0 saturated carbocycles. The Morgan fingerprint density at radius 3 is 2.72 bits per heavy atom. The van der Waals surface area contributed by atoms with Crippen LogP contribution in [-0.4, -0.2) is 17.7 Å². The Morgan fingerprint density at radius 2 is 2.00 bits per heavy atom. The maximum absolute atomic E-state index is 12.1. The van der Waals surface area contributed by atoms with Crippen molar-refractivity contribution in [3.8, 4) is 17.3 Å². The lowest BCUT2D eigenvalue weighted by molar-refractivity contribution is 0.0464. The summed E-state index contributed by atoms with van der Waals surface area (Å²) in [6.45, 7) is 2.80. The van der Waals surface area contributed by atoms with Gasteiger partial charge in [-0.05, 0) is 42.8 Å². The monoisotopic (exact) mass is 341 g/mol. The highest BCUT2D eigenvalue weighted by Crippen LogP contribution is 2.21. The average Bonchev–Trinajstić information content (AvgIpc) is 3.32. The molecule has 6 nitrogen and oxygen atoms in total. The van der Waals surface area contributed by atoms with Crippen LogP contribution in [0.1, 0.15) is 35.8 Å². The molecule has 0 unspecified atom stereocenters. The van der Waals surface area contributed by atoms with Gasteiger partial charge in [0.2, 0.25) is 5.76 Å². The fourth-order valence-electron chi connectivity index (χ4n) is 2.16. The molecule has 0 aliphatic carbocycles. The minimum atomic E-state index is -0.428. The zero-order valence-electron chi connectivity index (χ0n) is 13.9. The van der Waals surface area contributed by atoms with Crippen LogP contribution in [0.4, 0.5) is 0 Å². The maximum Gasteiger partial charge on any atom is 0.338 e. The Kier molecular flexibility index (Phi) is 5.51. The standard InChI is InChI=1S/C19H19NO5/c1-2-3-10-22-16-8-6-14(7-9-16)19(21)24-13-15-12-18(25-20-15)17-5-4-11-23-17/h4-9,11-12H,2-3,10,13H2,1H3. The minimum absolute atomic E-state index is 0.0256. The van der Waals surface area contributed by atoms with Crippen molar-refractivity contribution in [2.75, 3.05) is 6.61 Å². The van der Waals surface area contributed by atoms with Crippen LogP contribution >= 0.6 is 0 Å². The molecule has 3 aromatic rings. The van der Waals surface area contributed by atoms with E-state index in [4.69, 9.17) is 18.4 Å². The van der Waals surface area contributed by atoms with E-state index in [9.17, 15) is 4.79 Å². The smallest absolute Gasteiger partial charge is 0.338 e. The van der Waals surface area contributed by atoms with E-state index in [0.717, 1.165) is 18.6 Å². The van der Waals surface area contributed by atoms with Gasteiger partial charge in [0.1, 0.15) is 18.1 Å². The number of ether oxygens (including phenoxy) is 2. The van der Waals surface area contributed by atoms with Gasteiger partial charge in [0.25, 0.3) is 0 Å². The lowest BCUT2D eigenvalue weighted by Gasteiger charge is -2.06. The first-order chi connectivity index (χ1) is 12.3. The quantitative estimate of drug-likeness (QED) is 0.444. The maximum atomic E-state index is 12.1. The molecule has 0 saturated heterocycles. The van der Waals surface area contributed by atoms with Gasteiger partial charge in [0.05, 0.1) is 18.4 Å². The van der Waals surface area contributed by atoms with E-state index in [2.05, 4.69) is 12.1 Å². The summed E-state index contributed by atoms with van der Waals surface area (Å²) in [7, 11) is 0. The molecular formula is C19H19NO5. The molecule has 0 atom stereocenters. The highest BCUT2D eigenvalue weighted by atomic mass is 16.5. The second-order valence-electron chi connectivity index (χ2n) is 5.46. The molecule has 0 aliphatic rings. The highest BCUT2D eigenvalue weighted by Gasteiger charge is 2.12. The van der Waals surface area contributed by atoms with Gasteiger partial charge >= 0.3 is 5.97 Å². The number of carbonyl (C=O) groups is 1. The van der Waals surface area contributed by atoms with E-state index in [1.54, 1.807) is 48.7 Å².